The number of imide groups is 1. The Hall–Kier alpha value is -3.33. The number of hydrogen-bond acceptors (Lipinski definition) is 6. The van der Waals surface area contributed by atoms with Crippen LogP contribution in [0.5, 0.6) is 5.75 Å². The molecular formula is C25H31B6N3O6. The van der Waals surface area contributed by atoms with Crippen molar-refractivity contribution in [2.75, 3.05) is 19.8 Å². The third-order valence-corrected chi connectivity index (χ3v) is 9.68. The Kier molecular flexibility index (Phi) is 7.01. The number of amides is 4. The van der Waals surface area contributed by atoms with E-state index in [9.17, 15) is 19.2 Å². The minimum atomic E-state index is -1.25. The SMILES string of the molecule is BN1C(=O)C(B)(B)C(B)(B)C(B)(N2Cc3c(OCc4ccc(CN5CCOCC5=O)cc4)cccc3C2=O)C1=O. The number of ether oxygens (including phenoxy) is 2. The fourth-order valence-electron chi connectivity index (χ4n) is 6.07. The third-order valence-electron chi connectivity index (χ3n) is 9.68. The summed E-state index contributed by atoms with van der Waals surface area (Å²) in [6, 6.07) is 13.3. The highest BCUT2D eigenvalue weighted by atomic mass is 16.5. The number of rotatable bonds is 6. The molecule has 2 aromatic carbocycles. The number of fused-ring (bicyclic) bond motifs is 1. The second-order valence-corrected chi connectivity index (χ2v) is 12.1. The largest absolute Gasteiger partial charge is 0.489 e. The van der Waals surface area contributed by atoms with Crippen molar-refractivity contribution >= 4 is 70.8 Å². The first-order valence-corrected chi connectivity index (χ1v) is 13.6. The lowest BCUT2D eigenvalue weighted by Crippen LogP contribution is -2.75. The van der Waals surface area contributed by atoms with E-state index in [1.54, 1.807) is 29.8 Å². The molecule has 1 atom stereocenters. The minimum absolute atomic E-state index is 0.00540. The quantitative estimate of drug-likeness (QED) is 0.275. The number of carbonyl (C=O) groups excluding carboxylic acids is 4. The fourth-order valence-corrected chi connectivity index (χ4v) is 6.07. The van der Waals surface area contributed by atoms with Gasteiger partial charge in [0.05, 0.1) is 18.6 Å². The van der Waals surface area contributed by atoms with Gasteiger partial charge in [-0.1, -0.05) is 35.5 Å². The Labute approximate surface area is 239 Å². The van der Waals surface area contributed by atoms with E-state index in [1.165, 1.54) is 7.98 Å². The van der Waals surface area contributed by atoms with E-state index in [0.717, 1.165) is 21.5 Å². The predicted octanol–water partition coefficient (Wildman–Crippen LogP) is -4.41. The minimum Gasteiger partial charge on any atom is -0.489 e. The van der Waals surface area contributed by atoms with Crippen LogP contribution in [0, 0.1) is 0 Å². The first-order chi connectivity index (χ1) is 18.8. The first-order valence-electron chi connectivity index (χ1n) is 13.6. The molecule has 3 aliphatic rings. The number of carbonyl (C=O) groups is 4. The van der Waals surface area contributed by atoms with Crippen LogP contribution < -0.4 is 4.74 Å². The van der Waals surface area contributed by atoms with Crippen molar-refractivity contribution < 1.29 is 28.7 Å². The lowest BCUT2D eigenvalue weighted by atomic mass is 9.21. The summed E-state index contributed by atoms with van der Waals surface area (Å²) in [7, 11) is 10.7. The van der Waals surface area contributed by atoms with Gasteiger partial charge in [0.15, 0.2) is 0 Å². The summed E-state index contributed by atoms with van der Waals surface area (Å²) in [6.45, 7) is 2.32. The molecule has 1 unspecified atom stereocenters. The van der Waals surface area contributed by atoms with E-state index in [1.807, 2.05) is 61.7 Å². The second kappa shape index (κ2) is 9.94. The van der Waals surface area contributed by atoms with Gasteiger partial charge >= 0.3 is 0 Å². The van der Waals surface area contributed by atoms with Gasteiger partial charge in [0.25, 0.3) is 5.91 Å². The molecule has 0 aromatic heterocycles. The molecule has 40 heavy (non-hydrogen) atoms. The Morgan fingerprint density at radius 2 is 1.57 bits per heavy atom. The summed E-state index contributed by atoms with van der Waals surface area (Å²) >= 11 is 0. The van der Waals surface area contributed by atoms with Gasteiger partial charge in [-0.05, 0) is 28.5 Å². The van der Waals surface area contributed by atoms with E-state index < -0.39 is 15.9 Å². The molecular weight excluding hydrogens is 503 g/mol. The van der Waals surface area contributed by atoms with Crippen LogP contribution in [0.3, 0.4) is 0 Å². The molecule has 0 N–H and O–H groups in total. The average Bonchev–Trinajstić information content (AvgIpc) is 3.28. The van der Waals surface area contributed by atoms with Gasteiger partial charge < -0.3 is 24.1 Å². The van der Waals surface area contributed by atoms with Crippen LogP contribution in [-0.2, 0) is 38.8 Å². The Morgan fingerprint density at radius 1 is 0.900 bits per heavy atom. The zero-order chi connectivity index (χ0) is 29.0. The van der Waals surface area contributed by atoms with Crippen molar-refractivity contribution in [2.45, 2.75) is 35.6 Å². The maximum absolute atomic E-state index is 13.8. The summed E-state index contributed by atoms with van der Waals surface area (Å²) in [4.78, 5) is 57.1. The molecule has 200 valence electrons. The molecule has 2 saturated heterocycles. The number of benzene rings is 2. The van der Waals surface area contributed by atoms with Gasteiger partial charge in [0.1, 0.15) is 58.2 Å². The maximum atomic E-state index is 13.8. The van der Waals surface area contributed by atoms with Crippen LogP contribution in [0.2, 0.25) is 10.4 Å². The smallest absolute Gasteiger partial charge is 0.254 e. The summed E-state index contributed by atoms with van der Waals surface area (Å²) in [5.74, 6) is -0.302. The monoisotopic (exact) mass is 535 g/mol. The molecule has 2 aromatic rings. The molecule has 15 heteroatoms. The Morgan fingerprint density at radius 3 is 2.25 bits per heavy atom. The Bertz CT molecular complexity index is 1400. The van der Waals surface area contributed by atoms with E-state index in [2.05, 4.69) is 0 Å². The molecule has 3 heterocycles. The van der Waals surface area contributed by atoms with Crippen molar-refractivity contribution in [3.8, 4) is 5.75 Å². The zero-order valence-corrected chi connectivity index (χ0v) is 24.1. The van der Waals surface area contributed by atoms with Crippen molar-refractivity contribution in [3.05, 3.63) is 64.7 Å². The number of nitrogens with zero attached hydrogens (tertiary/aromatic N) is 3. The summed E-state index contributed by atoms with van der Waals surface area (Å²) in [6.07, 6.45) is 0. The highest BCUT2D eigenvalue weighted by Crippen LogP contribution is 2.57. The van der Waals surface area contributed by atoms with Gasteiger partial charge in [-0.3, -0.25) is 19.2 Å². The highest BCUT2D eigenvalue weighted by Gasteiger charge is 2.65. The van der Waals surface area contributed by atoms with Crippen LogP contribution in [0.1, 0.15) is 27.0 Å². The van der Waals surface area contributed by atoms with E-state index in [0.29, 0.717) is 37.6 Å². The lowest BCUT2D eigenvalue weighted by molar-refractivity contribution is -0.149. The third kappa shape index (κ3) is 4.21. The molecule has 5 rings (SSSR count). The van der Waals surface area contributed by atoms with E-state index >= 15 is 0 Å². The molecule has 2 fully saturated rings. The van der Waals surface area contributed by atoms with Crippen LogP contribution >= 0.6 is 0 Å². The lowest BCUT2D eigenvalue weighted by Gasteiger charge is -2.61. The molecule has 9 nitrogen and oxygen atoms in total. The first kappa shape index (κ1) is 28.2. The summed E-state index contributed by atoms with van der Waals surface area (Å²) in [5.41, 5.74) is 1.97. The topological polar surface area (TPSA) is 96.5 Å². The van der Waals surface area contributed by atoms with Gasteiger partial charge in [-0.25, -0.2) is 0 Å². The van der Waals surface area contributed by atoms with Gasteiger partial charge in [-0.2, -0.15) is 0 Å². The van der Waals surface area contributed by atoms with Gasteiger partial charge in [0, 0.05) is 24.2 Å². The second-order valence-electron chi connectivity index (χ2n) is 12.1. The van der Waals surface area contributed by atoms with Crippen molar-refractivity contribution in [1.82, 2.24) is 14.6 Å². The van der Waals surface area contributed by atoms with Crippen molar-refractivity contribution in [2.24, 2.45) is 0 Å². The average molecular weight is 534 g/mol. The molecule has 0 bridgehead atoms. The van der Waals surface area contributed by atoms with Crippen molar-refractivity contribution in [3.63, 3.8) is 0 Å². The van der Waals surface area contributed by atoms with E-state index in [-0.39, 0.29) is 36.8 Å². The molecule has 0 saturated carbocycles. The number of hydrogen-bond donors (Lipinski definition) is 0. The molecule has 3 aliphatic heterocycles. The van der Waals surface area contributed by atoms with Crippen LogP contribution in [-0.4, -0.2) is 111 Å². The predicted molar refractivity (Wildman–Crippen MR) is 165 cm³/mol. The molecule has 4 amide bonds. The number of piperidine rings is 1. The standard InChI is InChI=1S/C25H31B6N3O6/c26-23(27)21(37)34(31)22(38)24(28,25(23,29)30)33-11-17-16(20(33)36)2-1-3-18(17)40-12-15-6-4-14(5-7-15)10-32-8-9-39-13-19(32)35/h1-7H,8-13,26-31H2. The van der Waals surface area contributed by atoms with Gasteiger partial charge in [-0.15, -0.1) is 0 Å². The summed E-state index contributed by atoms with van der Waals surface area (Å²) in [5, 5.41) is -1.72. The van der Waals surface area contributed by atoms with E-state index in [4.69, 9.17) is 9.47 Å². The van der Waals surface area contributed by atoms with Crippen molar-refractivity contribution in [1.29, 1.82) is 0 Å². The molecule has 0 radical (unpaired) electrons. The highest BCUT2D eigenvalue weighted by molar-refractivity contribution is 6.68. The Balaban J connectivity index is 1.34. The number of morpholine rings is 1. The van der Waals surface area contributed by atoms with Gasteiger partial charge in [0.2, 0.25) is 25.7 Å². The van der Waals surface area contributed by atoms with Crippen LogP contribution in [0.15, 0.2) is 42.5 Å². The summed E-state index contributed by atoms with van der Waals surface area (Å²) < 4.78 is 11.4. The molecule has 0 spiro atoms. The zero-order valence-electron chi connectivity index (χ0n) is 24.1. The normalized spacial score (nSPS) is 23.9. The molecule has 0 aliphatic carbocycles. The fraction of sp³-hybridized carbons (Fsp3) is 0.360. The maximum Gasteiger partial charge on any atom is 0.254 e. The van der Waals surface area contributed by atoms with Crippen LogP contribution in [0.25, 0.3) is 0 Å². The van der Waals surface area contributed by atoms with Crippen LogP contribution in [0.4, 0.5) is 0 Å².